The Hall–Kier alpha value is -1.10. The summed E-state index contributed by atoms with van der Waals surface area (Å²) in [5.74, 6) is 0.144. The van der Waals surface area contributed by atoms with Gasteiger partial charge >= 0.3 is 0 Å². The van der Waals surface area contributed by atoms with Crippen molar-refractivity contribution in [1.82, 2.24) is 9.80 Å². The topological polar surface area (TPSA) is 66.6 Å². The normalized spacial score (nSPS) is 22.6. The summed E-state index contributed by atoms with van der Waals surface area (Å²) in [5.41, 5.74) is 5.40. The maximum atomic E-state index is 12.1. The van der Waals surface area contributed by atoms with Crippen molar-refractivity contribution in [3.63, 3.8) is 0 Å². The van der Waals surface area contributed by atoms with Crippen LogP contribution in [0.2, 0.25) is 0 Å². The summed E-state index contributed by atoms with van der Waals surface area (Å²) in [5, 5.41) is 0. The van der Waals surface area contributed by atoms with Gasteiger partial charge in [0.25, 0.3) is 0 Å². The van der Waals surface area contributed by atoms with Crippen molar-refractivity contribution in [3.8, 4) is 0 Å². The first-order chi connectivity index (χ1) is 9.26. The Bertz CT molecular complexity index is 375. The van der Waals surface area contributed by atoms with Gasteiger partial charge in [0.15, 0.2) is 0 Å². The van der Waals surface area contributed by atoms with E-state index in [9.17, 15) is 9.59 Å². The van der Waals surface area contributed by atoms with Crippen LogP contribution in [0.15, 0.2) is 0 Å². The van der Waals surface area contributed by atoms with Crippen LogP contribution in [0.5, 0.6) is 0 Å². The lowest BCUT2D eigenvalue weighted by Crippen LogP contribution is -2.62. The molecule has 0 saturated carbocycles. The molecule has 2 saturated heterocycles. The average Bonchev–Trinajstić information content (AvgIpc) is 2.25. The minimum atomic E-state index is -0.166. The van der Waals surface area contributed by atoms with E-state index in [2.05, 4.69) is 25.7 Å². The summed E-state index contributed by atoms with van der Waals surface area (Å²) in [7, 11) is 0. The zero-order valence-electron chi connectivity index (χ0n) is 12.9. The first-order valence-electron chi connectivity index (χ1n) is 7.57. The van der Waals surface area contributed by atoms with E-state index in [4.69, 9.17) is 5.73 Å². The third kappa shape index (κ3) is 3.72. The highest BCUT2D eigenvalue weighted by atomic mass is 16.2. The van der Waals surface area contributed by atoms with Crippen LogP contribution in [0.1, 0.15) is 40.0 Å². The Balaban J connectivity index is 1.72. The van der Waals surface area contributed by atoms with E-state index in [0.29, 0.717) is 12.5 Å². The Morgan fingerprint density at radius 3 is 2.15 bits per heavy atom. The van der Waals surface area contributed by atoms with Crippen molar-refractivity contribution < 1.29 is 9.59 Å². The number of nitrogens with two attached hydrogens (primary N) is 1. The molecule has 0 aromatic heterocycles. The van der Waals surface area contributed by atoms with Crippen LogP contribution in [0.3, 0.4) is 0 Å². The lowest BCUT2D eigenvalue weighted by molar-refractivity contribution is -0.141. The summed E-state index contributed by atoms with van der Waals surface area (Å²) in [4.78, 5) is 27.6. The fourth-order valence-corrected chi connectivity index (χ4v) is 3.00. The molecule has 114 valence electrons. The highest BCUT2D eigenvalue weighted by molar-refractivity contribution is 5.78. The number of piperidine rings is 1. The van der Waals surface area contributed by atoms with Gasteiger partial charge in [0.2, 0.25) is 11.8 Å². The Morgan fingerprint density at radius 2 is 1.70 bits per heavy atom. The second-order valence-corrected chi connectivity index (χ2v) is 7.40. The number of primary amides is 1. The number of amides is 2. The smallest absolute Gasteiger partial charge is 0.223 e. The Labute approximate surface area is 121 Å². The number of likely N-dealkylation sites (tertiary alicyclic amines) is 2. The van der Waals surface area contributed by atoms with Gasteiger partial charge in [0.05, 0.1) is 0 Å². The maximum Gasteiger partial charge on any atom is 0.223 e. The van der Waals surface area contributed by atoms with E-state index < -0.39 is 0 Å². The maximum absolute atomic E-state index is 12.1. The van der Waals surface area contributed by atoms with Gasteiger partial charge in [-0.25, -0.2) is 0 Å². The SMILES string of the molecule is CC(C)(C)CC(=O)N1CC(N2CCC(C(N)=O)CC2)C1. The number of rotatable bonds is 3. The predicted molar refractivity (Wildman–Crippen MR) is 77.9 cm³/mol. The van der Waals surface area contributed by atoms with Crippen LogP contribution in [0.25, 0.3) is 0 Å². The molecule has 5 heteroatoms. The van der Waals surface area contributed by atoms with Gasteiger partial charge < -0.3 is 10.6 Å². The fraction of sp³-hybridized carbons (Fsp3) is 0.867. The van der Waals surface area contributed by atoms with E-state index in [0.717, 1.165) is 39.0 Å². The molecule has 0 atom stereocenters. The van der Waals surface area contributed by atoms with E-state index >= 15 is 0 Å². The standard InChI is InChI=1S/C15H27N3O2/c1-15(2,3)8-13(19)18-9-12(10-18)17-6-4-11(5-7-17)14(16)20/h11-12H,4-10H2,1-3H3,(H2,16,20). The molecule has 0 unspecified atom stereocenters. The molecule has 2 rings (SSSR count). The molecule has 2 fully saturated rings. The zero-order valence-corrected chi connectivity index (χ0v) is 12.9. The molecule has 0 bridgehead atoms. The second kappa shape index (κ2) is 5.72. The van der Waals surface area contributed by atoms with Crippen LogP contribution in [0.4, 0.5) is 0 Å². The molecule has 2 N–H and O–H groups in total. The monoisotopic (exact) mass is 281 g/mol. The number of nitrogens with zero attached hydrogens (tertiary/aromatic N) is 2. The molecular weight excluding hydrogens is 254 g/mol. The molecule has 2 aliphatic heterocycles. The molecule has 0 aromatic carbocycles. The fourth-order valence-electron chi connectivity index (χ4n) is 3.00. The van der Waals surface area contributed by atoms with Crippen molar-refractivity contribution in [2.24, 2.45) is 17.1 Å². The molecule has 0 spiro atoms. The summed E-state index contributed by atoms with van der Waals surface area (Å²) in [6, 6.07) is 0.479. The Morgan fingerprint density at radius 1 is 1.15 bits per heavy atom. The molecule has 20 heavy (non-hydrogen) atoms. The first kappa shape index (κ1) is 15.3. The zero-order chi connectivity index (χ0) is 14.9. The summed E-state index contributed by atoms with van der Waals surface area (Å²) >= 11 is 0. The summed E-state index contributed by atoms with van der Waals surface area (Å²) in [6.45, 7) is 9.83. The van der Waals surface area contributed by atoms with Gasteiger partial charge in [0, 0.05) is 31.5 Å². The van der Waals surface area contributed by atoms with Crippen molar-refractivity contribution in [2.45, 2.75) is 46.1 Å². The van der Waals surface area contributed by atoms with Crippen LogP contribution < -0.4 is 5.73 Å². The van der Waals surface area contributed by atoms with E-state index in [-0.39, 0.29) is 23.1 Å². The average molecular weight is 281 g/mol. The molecule has 2 heterocycles. The molecule has 0 aliphatic carbocycles. The van der Waals surface area contributed by atoms with Crippen molar-refractivity contribution >= 4 is 11.8 Å². The second-order valence-electron chi connectivity index (χ2n) is 7.40. The number of hydrogen-bond acceptors (Lipinski definition) is 3. The highest BCUT2D eigenvalue weighted by Gasteiger charge is 2.37. The van der Waals surface area contributed by atoms with Crippen LogP contribution in [0, 0.1) is 11.3 Å². The third-order valence-electron chi connectivity index (χ3n) is 4.34. The van der Waals surface area contributed by atoms with Crippen molar-refractivity contribution in [2.75, 3.05) is 26.2 Å². The number of carbonyl (C=O) groups is 2. The van der Waals surface area contributed by atoms with E-state index in [1.165, 1.54) is 0 Å². The minimum absolute atomic E-state index is 0.0463. The Kier molecular flexibility index (Phi) is 4.37. The molecule has 0 aromatic rings. The van der Waals surface area contributed by atoms with Crippen molar-refractivity contribution in [3.05, 3.63) is 0 Å². The first-order valence-corrected chi connectivity index (χ1v) is 7.57. The molecule has 0 radical (unpaired) electrons. The van der Waals surface area contributed by atoms with Gasteiger partial charge in [-0.2, -0.15) is 0 Å². The van der Waals surface area contributed by atoms with Gasteiger partial charge in [-0.1, -0.05) is 20.8 Å². The minimum Gasteiger partial charge on any atom is -0.369 e. The molecule has 5 nitrogen and oxygen atoms in total. The predicted octanol–water partition coefficient (Wildman–Crippen LogP) is 0.831. The summed E-state index contributed by atoms with van der Waals surface area (Å²) < 4.78 is 0. The van der Waals surface area contributed by atoms with Gasteiger partial charge in [-0.3, -0.25) is 14.5 Å². The quantitative estimate of drug-likeness (QED) is 0.833. The van der Waals surface area contributed by atoms with Crippen molar-refractivity contribution in [1.29, 1.82) is 0 Å². The lowest BCUT2D eigenvalue weighted by atomic mass is 9.90. The summed E-state index contributed by atoms with van der Waals surface area (Å²) in [6.07, 6.45) is 2.34. The number of carbonyl (C=O) groups excluding carboxylic acids is 2. The van der Waals surface area contributed by atoms with E-state index in [1.54, 1.807) is 0 Å². The van der Waals surface area contributed by atoms with Crippen LogP contribution in [-0.2, 0) is 9.59 Å². The van der Waals surface area contributed by atoms with E-state index in [1.807, 2.05) is 4.90 Å². The van der Waals surface area contributed by atoms with Crippen LogP contribution in [-0.4, -0.2) is 53.8 Å². The van der Waals surface area contributed by atoms with Gasteiger partial charge in [0.1, 0.15) is 0 Å². The molecular formula is C15H27N3O2. The molecule has 2 amide bonds. The number of hydrogen-bond donors (Lipinski definition) is 1. The largest absolute Gasteiger partial charge is 0.369 e. The highest BCUT2D eigenvalue weighted by Crippen LogP contribution is 2.26. The van der Waals surface area contributed by atoms with Gasteiger partial charge in [-0.15, -0.1) is 0 Å². The third-order valence-corrected chi connectivity index (χ3v) is 4.34. The van der Waals surface area contributed by atoms with Crippen LogP contribution >= 0.6 is 0 Å². The lowest BCUT2D eigenvalue weighted by Gasteiger charge is -2.47. The van der Waals surface area contributed by atoms with Gasteiger partial charge in [-0.05, 0) is 31.3 Å². The molecule has 2 aliphatic rings.